The van der Waals surface area contributed by atoms with Crippen LogP contribution in [0.3, 0.4) is 0 Å². The van der Waals surface area contributed by atoms with E-state index in [1.807, 2.05) is 0 Å². The summed E-state index contributed by atoms with van der Waals surface area (Å²) in [5.74, 6) is 0. The van der Waals surface area contributed by atoms with Gasteiger partial charge >= 0.3 is 6.18 Å². The molecular formula is C17H21F3N2O2S. The zero-order chi connectivity index (χ0) is 18.5. The van der Waals surface area contributed by atoms with Gasteiger partial charge in [0.2, 0.25) is 10.0 Å². The molecule has 1 saturated carbocycles. The highest BCUT2D eigenvalue weighted by atomic mass is 32.2. The number of nitrogens with two attached hydrogens (primary N) is 1. The molecule has 25 heavy (non-hydrogen) atoms. The molecule has 1 aromatic rings. The third-order valence-electron chi connectivity index (χ3n) is 5.42. The Bertz CT molecular complexity index is 792. The van der Waals surface area contributed by atoms with E-state index in [2.05, 4.69) is 0 Å². The number of sulfonamides is 1. The number of rotatable bonds is 2. The first-order chi connectivity index (χ1) is 11.6. The van der Waals surface area contributed by atoms with Crippen LogP contribution in [0, 0.1) is 0 Å². The molecule has 0 unspecified atom stereocenters. The van der Waals surface area contributed by atoms with Crippen LogP contribution in [-0.4, -0.2) is 31.9 Å². The predicted octanol–water partition coefficient (Wildman–Crippen LogP) is 3.35. The summed E-state index contributed by atoms with van der Waals surface area (Å²) in [7, 11) is -2.24. The van der Waals surface area contributed by atoms with Gasteiger partial charge in [0.05, 0.1) is 16.0 Å². The molecule has 138 valence electrons. The van der Waals surface area contributed by atoms with Crippen LogP contribution in [-0.2, 0) is 16.2 Å². The Morgan fingerprint density at radius 1 is 1.12 bits per heavy atom. The van der Waals surface area contributed by atoms with Crippen molar-refractivity contribution in [3.8, 4) is 0 Å². The monoisotopic (exact) mass is 374 g/mol. The van der Waals surface area contributed by atoms with Crippen LogP contribution in [0.5, 0.6) is 0 Å². The van der Waals surface area contributed by atoms with Crippen LogP contribution in [0.25, 0.3) is 4.91 Å². The van der Waals surface area contributed by atoms with Gasteiger partial charge in [-0.25, -0.2) is 8.42 Å². The highest BCUT2D eigenvalue weighted by Gasteiger charge is 2.53. The topological polar surface area (TPSA) is 63.4 Å². The highest BCUT2D eigenvalue weighted by Crippen LogP contribution is 2.50. The predicted molar refractivity (Wildman–Crippen MR) is 89.9 cm³/mol. The highest BCUT2D eigenvalue weighted by molar-refractivity contribution is 7.98. The number of likely N-dealkylation sites (N-methyl/N-ethyl adjacent to an activating group) is 1. The normalized spacial score (nSPS) is 23.4. The standard InChI is InChI=1S/C17H21F3N2O2S/c1-22-16(9-3-2-4-10-16)14(11-21)15(25(22,23)24)12-5-7-13(8-6-12)17(18,19)20/h5-8H,2-4,9-11,21H2,1H3. The van der Waals surface area contributed by atoms with E-state index in [0.717, 1.165) is 31.4 Å². The van der Waals surface area contributed by atoms with Crippen LogP contribution in [0.1, 0.15) is 43.2 Å². The molecule has 3 rings (SSSR count). The Morgan fingerprint density at radius 3 is 2.16 bits per heavy atom. The van der Waals surface area contributed by atoms with E-state index in [4.69, 9.17) is 5.73 Å². The van der Waals surface area contributed by atoms with Crippen molar-refractivity contribution in [2.24, 2.45) is 5.73 Å². The van der Waals surface area contributed by atoms with Crippen molar-refractivity contribution in [1.29, 1.82) is 0 Å². The largest absolute Gasteiger partial charge is 0.416 e. The first-order valence-electron chi connectivity index (χ1n) is 8.25. The fraction of sp³-hybridized carbons (Fsp3) is 0.529. The quantitative estimate of drug-likeness (QED) is 0.863. The Balaban J connectivity index is 2.16. The van der Waals surface area contributed by atoms with E-state index in [0.29, 0.717) is 18.4 Å². The lowest BCUT2D eigenvalue weighted by molar-refractivity contribution is -0.137. The zero-order valence-electron chi connectivity index (χ0n) is 13.9. The molecule has 0 saturated heterocycles. The van der Waals surface area contributed by atoms with Crippen LogP contribution >= 0.6 is 0 Å². The Morgan fingerprint density at radius 2 is 1.68 bits per heavy atom. The van der Waals surface area contributed by atoms with Crippen molar-refractivity contribution in [2.45, 2.75) is 43.8 Å². The minimum absolute atomic E-state index is 0.0694. The third kappa shape index (κ3) is 2.80. The van der Waals surface area contributed by atoms with E-state index < -0.39 is 27.3 Å². The van der Waals surface area contributed by atoms with Gasteiger partial charge in [-0.1, -0.05) is 31.4 Å². The summed E-state index contributed by atoms with van der Waals surface area (Å²) < 4.78 is 65.7. The summed E-state index contributed by atoms with van der Waals surface area (Å²) in [4.78, 5) is 0.0770. The Kier molecular flexibility index (Phi) is 4.50. The number of nitrogens with zero attached hydrogens (tertiary/aromatic N) is 1. The van der Waals surface area contributed by atoms with E-state index in [1.54, 1.807) is 7.05 Å². The number of halogens is 3. The van der Waals surface area contributed by atoms with Crippen molar-refractivity contribution in [1.82, 2.24) is 4.31 Å². The van der Waals surface area contributed by atoms with Gasteiger partial charge in [0.25, 0.3) is 0 Å². The van der Waals surface area contributed by atoms with Gasteiger partial charge in [-0.05, 0) is 36.1 Å². The number of benzene rings is 1. The van der Waals surface area contributed by atoms with Crippen molar-refractivity contribution in [3.63, 3.8) is 0 Å². The van der Waals surface area contributed by atoms with Gasteiger partial charge in [-0.15, -0.1) is 0 Å². The molecule has 8 heteroatoms. The second-order valence-corrected chi connectivity index (χ2v) is 8.56. The van der Waals surface area contributed by atoms with Crippen molar-refractivity contribution < 1.29 is 21.6 Å². The molecule has 1 aromatic carbocycles. The molecule has 0 amide bonds. The molecule has 1 heterocycles. The van der Waals surface area contributed by atoms with Crippen molar-refractivity contribution in [3.05, 3.63) is 41.0 Å². The first kappa shape index (κ1) is 18.4. The van der Waals surface area contributed by atoms with Gasteiger partial charge < -0.3 is 5.73 Å². The van der Waals surface area contributed by atoms with Crippen LogP contribution in [0.4, 0.5) is 13.2 Å². The second-order valence-electron chi connectivity index (χ2n) is 6.65. The van der Waals surface area contributed by atoms with Gasteiger partial charge in [-0.2, -0.15) is 17.5 Å². The average Bonchev–Trinajstić information content (AvgIpc) is 2.73. The average molecular weight is 374 g/mol. The smallest absolute Gasteiger partial charge is 0.327 e. The molecule has 4 nitrogen and oxygen atoms in total. The summed E-state index contributed by atoms with van der Waals surface area (Å²) in [6.45, 7) is 0.0694. The maximum atomic E-state index is 13.0. The van der Waals surface area contributed by atoms with E-state index in [-0.39, 0.29) is 17.0 Å². The van der Waals surface area contributed by atoms with Gasteiger partial charge in [0, 0.05) is 13.6 Å². The minimum Gasteiger partial charge on any atom is -0.327 e. The third-order valence-corrected chi connectivity index (χ3v) is 7.48. The molecule has 0 bridgehead atoms. The molecule has 1 spiro atoms. The molecule has 0 radical (unpaired) electrons. The second kappa shape index (κ2) is 6.10. The summed E-state index contributed by atoms with van der Waals surface area (Å²) >= 11 is 0. The lowest BCUT2D eigenvalue weighted by atomic mass is 9.75. The SMILES string of the molecule is CN1C2(CCCCC2)C(CN)=C(c2ccc(C(F)(F)F)cc2)S1(=O)=O. The zero-order valence-corrected chi connectivity index (χ0v) is 14.8. The molecule has 2 N–H and O–H groups in total. The maximum Gasteiger partial charge on any atom is 0.416 e. The number of hydrogen-bond donors (Lipinski definition) is 1. The first-order valence-corrected chi connectivity index (χ1v) is 9.69. The van der Waals surface area contributed by atoms with Crippen molar-refractivity contribution >= 4 is 14.9 Å². The lowest BCUT2D eigenvalue weighted by Gasteiger charge is -2.40. The summed E-state index contributed by atoms with van der Waals surface area (Å²) in [6, 6.07) is 4.28. The van der Waals surface area contributed by atoms with Gasteiger partial charge in [0.1, 0.15) is 0 Å². The molecule has 1 fully saturated rings. The summed E-state index contributed by atoms with van der Waals surface area (Å²) in [5.41, 5.74) is 5.37. The lowest BCUT2D eigenvalue weighted by Crippen LogP contribution is -2.48. The van der Waals surface area contributed by atoms with Gasteiger partial charge in [0.15, 0.2) is 0 Å². The van der Waals surface area contributed by atoms with E-state index >= 15 is 0 Å². The molecule has 1 aliphatic carbocycles. The van der Waals surface area contributed by atoms with Crippen LogP contribution in [0.2, 0.25) is 0 Å². The van der Waals surface area contributed by atoms with Crippen molar-refractivity contribution in [2.75, 3.05) is 13.6 Å². The van der Waals surface area contributed by atoms with Crippen LogP contribution < -0.4 is 5.73 Å². The van der Waals surface area contributed by atoms with E-state index in [9.17, 15) is 21.6 Å². The van der Waals surface area contributed by atoms with E-state index in [1.165, 1.54) is 16.4 Å². The molecule has 0 aromatic heterocycles. The molecule has 1 aliphatic heterocycles. The summed E-state index contributed by atoms with van der Waals surface area (Å²) in [6.07, 6.45) is -0.214. The Labute approximate surface area is 145 Å². The van der Waals surface area contributed by atoms with Crippen LogP contribution in [0.15, 0.2) is 29.8 Å². The summed E-state index contributed by atoms with van der Waals surface area (Å²) in [5, 5.41) is 0. The van der Waals surface area contributed by atoms with Gasteiger partial charge in [-0.3, -0.25) is 0 Å². The molecular weight excluding hydrogens is 353 g/mol. The fourth-order valence-electron chi connectivity index (χ4n) is 4.09. The fourth-order valence-corrected chi connectivity index (χ4v) is 6.14. The number of hydrogen-bond acceptors (Lipinski definition) is 3. The minimum atomic E-state index is -4.46. The molecule has 2 aliphatic rings. The number of alkyl halides is 3. The maximum absolute atomic E-state index is 13.0. The Hall–Kier alpha value is -1.38. The molecule has 0 atom stereocenters.